The fraction of sp³-hybridized carbons (Fsp3) is 0.636. The van der Waals surface area contributed by atoms with Gasteiger partial charge < -0.3 is 30.6 Å². The summed E-state index contributed by atoms with van der Waals surface area (Å²) >= 11 is 0. The van der Waals surface area contributed by atoms with Crippen LogP contribution >= 0.6 is 0 Å². The zero-order valence-corrected chi connectivity index (χ0v) is 26.4. The first-order chi connectivity index (χ1) is 18.3. The van der Waals surface area contributed by atoms with E-state index in [4.69, 9.17) is 0 Å². The van der Waals surface area contributed by atoms with Crippen molar-refractivity contribution in [2.45, 2.75) is 87.0 Å². The van der Waals surface area contributed by atoms with E-state index in [1.807, 2.05) is 0 Å². The predicted molar refractivity (Wildman–Crippen MR) is 165 cm³/mol. The summed E-state index contributed by atoms with van der Waals surface area (Å²) in [6, 6.07) is 8.62. The Morgan fingerprint density at radius 3 is 1.33 bits per heavy atom. The third-order valence-corrected chi connectivity index (χ3v) is 7.28. The number of benzene rings is 2. The Morgan fingerprint density at radius 1 is 0.641 bits per heavy atom. The fourth-order valence-electron chi connectivity index (χ4n) is 5.06. The molecule has 0 aromatic heterocycles. The molecule has 2 rings (SSSR count). The van der Waals surface area contributed by atoms with Gasteiger partial charge in [-0.3, -0.25) is 0 Å². The number of rotatable bonds is 16. The molecule has 0 bridgehead atoms. The van der Waals surface area contributed by atoms with Crippen molar-refractivity contribution in [1.29, 1.82) is 0 Å². The molecule has 0 amide bonds. The van der Waals surface area contributed by atoms with Crippen molar-refractivity contribution in [2.24, 2.45) is 11.8 Å². The number of nitrogens with zero attached hydrogens (tertiary/aromatic N) is 2. The van der Waals surface area contributed by atoms with Gasteiger partial charge in [0.05, 0.1) is 0 Å². The average molecular weight is 541 g/mol. The summed E-state index contributed by atoms with van der Waals surface area (Å²) in [6.45, 7) is 22.4. The molecule has 0 heterocycles. The molecule has 4 N–H and O–H groups in total. The first kappa shape index (κ1) is 33.1. The summed E-state index contributed by atoms with van der Waals surface area (Å²) in [5.74, 6) is 1.96. The van der Waals surface area contributed by atoms with E-state index in [0.29, 0.717) is 36.4 Å². The van der Waals surface area contributed by atoms with E-state index in [1.165, 1.54) is 11.1 Å². The second kappa shape index (κ2) is 15.6. The monoisotopic (exact) mass is 540 g/mol. The molecule has 6 heteroatoms. The van der Waals surface area contributed by atoms with Gasteiger partial charge in [-0.2, -0.15) is 0 Å². The van der Waals surface area contributed by atoms with Crippen LogP contribution in [0, 0.1) is 25.7 Å². The van der Waals surface area contributed by atoms with Crippen molar-refractivity contribution < 1.29 is 10.2 Å². The van der Waals surface area contributed by atoms with Crippen molar-refractivity contribution in [2.75, 3.05) is 40.3 Å². The minimum absolute atomic E-state index is 0.109. The van der Waals surface area contributed by atoms with Gasteiger partial charge in [-0.05, 0) is 86.2 Å². The van der Waals surface area contributed by atoms with Crippen LogP contribution in [0.4, 0.5) is 0 Å². The van der Waals surface area contributed by atoms with Crippen LogP contribution in [0.1, 0.15) is 93.4 Å². The summed E-state index contributed by atoms with van der Waals surface area (Å²) in [5.41, 5.74) is 6.27. The highest BCUT2D eigenvalue weighted by molar-refractivity contribution is 5.46. The topological polar surface area (TPSA) is 71.0 Å². The van der Waals surface area contributed by atoms with E-state index < -0.39 is 0 Å². The third kappa shape index (κ3) is 10.8. The van der Waals surface area contributed by atoms with Gasteiger partial charge in [0.25, 0.3) is 0 Å². The minimum Gasteiger partial charge on any atom is -0.507 e. The van der Waals surface area contributed by atoms with Crippen LogP contribution in [0.3, 0.4) is 0 Å². The van der Waals surface area contributed by atoms with Crippen molar-refractivity contribution in [3.8, 4) is 11.5 Å². The highest BCUT2D eigenvalue weighted by Gasteiger charge is 2.18. The van der Waals surface area contributed by atoms with Crippen LogP contribution in [-0.2, 0) is 13.1 Å². The molecule has 0 spiro atoms. The molecule has 0 saturated carbocycles. The van der Waals surface area contributed by atoms with Gasteiger partial charge >= 0.3 is 0 Å². The van der Waals surface area contributed by atoms with Crippen LogP contribution in [0.25, 0.3) is 0 Å². The van der Waals surface area contributed by atoms with Crippen LogP contribution in [0.5, 0.6) is 11.5 Å². The summed E-state index contributed by atoms with van der Waals surface area (Å²) in [7, 11) is 4.23. The average Bonchev–Trinajstić information content (AvgIpc) is 2.84. The van der Waals surface area contributed by atoms with Crippen LogP contribution < -0.4 is 10.6 Å². The van der Waals surface area contributed by atoms with Gasteiger partial charge in [0, 0.05) is 47.4 Å². The maximum atomic E-state index is 11.0. The fourth-order valence-corrected chi connectivity index (χ4v) is 5.06. The molecule has 2 aromatic carbocycles. The van der Waals surface area contributed by atoms with Crippen LogP contribution in [0.2, 0.25) is 0 Å². The molecule has 2 unspecified atom stereocenters. The zero-order valence-electron chi connectivity index (χ0n) is 26.4. The number of hydrogen-bond donors (Lipinski definition) is 4. The van der Waals surface area contributed by atoms with Crippen molar-refractivity contribution in [3.05, 3.63) is 57.6 Å². The number of aryl methyl sites for hydroxylation is 2. The molecule has 0 fully saturated rings. The van der Waals surface area contributed by atoms with Gasteiger partial charge in [-0.1, -0.05) is 63.1 Å². The predicted octanol–water partition coefficient (Wildman–Crippen LogP) is 6.28. The second-order valence-electron chi connectivity index (χ2n) is 12.6. The normalized spacial score (nSPS) is 13.7. The summed E-state index contributed by atoms with van der Waals surface area (Å²) in [5, 5.41) is 29.2. The Labute approximate surface area is 238 Å². The van der Waals surface area contributed by atoms with Crippen molar-refractivity contribution >= 4 is 0 Å². The molecule has 0 saturated heterocycles. The number of aromatic hydroxyl groups is 2. The Hall–Kier alpha value is -2.12. The highest BCUT2D eigenvalue weighted by Crippen LogP contribution is 2.32. The lowest BCUT2D eigenvalue weighted by Gasteiger charge is -2.24. The lowest BCUT2D eigenvalue weighted by molar-refractivity contribution is 0.265. The molecular formula is C33H56N4O2. The second-order valence-corrected chi connectivity index (χ2v) is 12.6. The molecule has 2 atom stereocenters. The van der Waals surface area contributed by atoms with E-state index in [1.54, 1.807) is 0 Å². The van der Waals surface area contributed by atoms with Gasteiger partial charge in [0.15, 0.2) is 0 Å². The smallest absolute Gasteiger partial charge is 0.124 e. The molecule has 0 aliphatic carbocycles. The molecule has 0 aliphatic rings. The Morgan fingerprint density at radius 2 is 1.00 bits per heavy atom. The molecule has 6 nitrogen and oxygen atoms in total. The minimum atomic E-state index is 0.109. The van der Waals surface area contributed by atoms with Crippen molar-refractivity contribution in [3.63, 3.8) is 0 Å². The molecule has 0 radical (unpaired) electrons. The largest absolute Gasteiger partial charge is 0.507 e. The van der Waals surface area contributed by atoms with Gasteiger partial charge in [-0.25, -0.2) is 0 Å². The summed E-state index contributed by atoms with van der Waals surface area (Å²) in [6.07, 6.45) is 1.00. The quantitative estimate of drug-likeness (QED) is 0.201. The first-order valence-corrected chi connectivity index (χ1v) is 14.8. The SMILES string of the molecule is Cc1cc(CN(C)CCCN(C)Cc2cc(C)cc(C(C)NCC(C)C)c2O)c(O)c(C(C)NCC(C)C)c1. The maximum absolute atomic E-state index is 11.0. The number of phenols is 2. The molecular weight excluding hydrogens is 484 g/mol. The zero-order chi connectivity index (χ0) is 29.3. The molecule has 39 heavy (non-hydrogen) atoms. The number of nitrogens with one attached hydrogen (secondary N) is 2. The van der Waals surface area contributed by atoms with E-state index in [0.717, 1.165) is 54.9 Å². The van der Waals surface area contributed by atoms with Gasteiger partial charge in [0.2, 0.25) is 0 Å². The highest BCUT2D eigenvalue weighted by atomic mass is 16.3. The lowest BCUT2D eigenvalue weighted by atomic mass is 9.99. The molecule has 2 aromatic rings. The van der Waals surface area contributed by atoms with E-state index >= 15 is 0 Å². The van der Waals surface area contributed by atoms with Gasteiger partial charge in [0.1, 0.15) is 11.5 Å². The number of phenolic OH excluding ortho intramolecular Hbond substituents is 2. The van der Waals surface area contributed by atoms with E-state index in [-0.39, 0.29) is 12.1 Å². The summed E-state index contributed by atoms with van der Waals surface area (Å²) in [4.78, 5) is 4.56. The Bertz CT molecular complexity index is 955. The molecule has 220 valence electrons. The Balaban J connectivity index is 1.94. The summed E-state index contributed by atoms with van der Waals surface area (Å²) < 4.78 is 0. The van der Waals surface area contributed by atoms with Gasteiger partial charge in [-0.15, -0.1) is 0 Å². The van der Waals surface area contributed by atoms with Crippen LogP contribution in [0.15, 0.2) is 24.3 Å². The molecule has 0 aliphatic heterocycles. The number of hydrogen-bond acceptors (Lipinski definition) is 6. The third-order valence-electron chi connectivity index (χ3n) is 7.28. The van der Waals surface area contributed by atoms with Crippen LogP contribution in [-0.4, -0.2) is 60.3 Å². The maximum Gasteiger partial charge on any atom is 0.124 e. The standard InChI is InChI=1S/C33H56N4O2/c1-22(2)18-34-26(7)30-16-24(5)14-28(32(30)38)20-36(9)12-11-13-37(10)21-29-15-25(6)17-31(33(29)39)27(8)35-19-23(3)4/h14-17,22-23,26-27,34-35,38-39H,11-13,18-21H2,1-10H3. The Kier molecular flexibility index (Phi) is 13.2. The van der Waals surface area contributed by atoms with Crippen molar-refractivity contribution in [1.82, 2.24) is 20.4 Å². The first-order valence-electron chi connectivity index (χ1n) is 14.8. The van der Waals surface area contributed by atoms with E-state index in [2.05, 4.69) is 114 Å². The lowest BCUT2D eigenvalue weighted by Crippen LogP contribution is -2.26. The van der Waals surface area contributed by atoms with E-state index in [9.17, 15) is 10.2 Å².